The Morgan fingerprint density at radius 1 is 0.735 bits per heavy atom. The quantitative estimate of drug-likeness (QED) is 0.453. The molecule has 1 aliphatic heterocycles. The van der Waals surface area contributed by atoms with Crippen LogP contribution >= 0.6 is 0 Å². The van der Waals surface area contributed by atoms with Gasteiger partial charge in [0.2, 0.25) is 0 Å². The number of hydrogen-bond donors (Lipinski definition) is 3. The first-order valence-corrected chi connectivity index (χ1v) is 14.3. The highest BCUT2D eigenvalue weighted by Gasteiger charge is 2.73. The molecule has 5 fully saturated rings. The van der Waals surface area contributed by atoms with Crippen molar-refractivity contribution in [3.63, 3.8) is 0 Å². The van der Waals surface area contributed by atoms with Gasteiger partial charge in [-0.1, -0.05) is 34.6 Å². The average molecular weight is 477 g/mol. The molecule has 34 heavy (non-hydrogen) atoms. The largest absolute Gasteiger partial charge is 0.393 e. The van der Waals surface area contributed by atoms with Gasteiger partial charge in [-0.05, 0) is 124 Å². The lowest BCUT2D eigenvalue weighted by Crippen LogP contribution is -2.70. The summed E-state index contributed by atoms with van der Waals surface area (Å²) >= 11 is 0. The van der Waals surface area contributed by atoms with Crippen molar-refractivity contribution in [3.8, 4) is 0 Å². The smallest absolute Gasteiger partial charge is 0.0693 e. The van der Waals surface area contributed by atoms with Crippen LogP contribution in [0.25, 0.3) is 0 Å². The van der Waals surface area contributed by atoms with Gasteiger partial charge in [-0.15, -0.1) is 0 Å². The fourth-order valence-corrected chi connectivity index (χ4v) is 11.5. The molecule has 0 bridgehead atoms. The van der Waals surface area contributed by atoms with Crippen molar-refractivity contribution >= 4 is 0 Å². The van der Waals surface area contributed by atoms with Crippen molar-refractivity contribution in [1.29, 1.82) is 0 Å². The van der Waals surface area contributed by atoms with Crippen molar-refractivity contribution in [3.05, 3.63) is 0 Å². The number of ether oxygens (including phenoxy) is 1. The molecule has 0 aromatic rings. The fraction of sp³-hybridized carbons (Fsp3) is 1.00. The molecule has 0 aromatic carbocycles. The van der Waals surface area contributed by atoms with E-state index < -0.39 is 6.10 Å². The fourth-order valence-electron chi connectivity index (χ4n) is 11.5. The molecule has 0 aromatic heterocycles. The van der Waals surface area contributed by atoms with Crippen LogP contribution in [-0.2, 0) is 4.74 Å². The zero-order valence-corrected chi connectivity index (χ0v) is 23.2. The van der Waals surface area contributed by atoms with Gasteiger partial charge < -0.3 is 20.1 Å². The van der Waals surface area contributed by atoms with Gasteiger partial charge in [0.05, 0.1) is 29.5 Å². The first kappa shape index (κ1) is 25.5. The van der Waals surface area contributed by atoms with Gasteiger partial charge in [0.15, 0.2) is 0 Å². The molecule has 11 atom stereocenters. The molecule has 3 N–H and O–H groups in total. The van der Waals surface area contributed by atoms with Crippen LogP contribution in [0.4, 0.5) is 0 Å². The third-order valence-corrected chi connectivity index (χ3v) is 13.0. The first-order chi connectivity index (χ1) is 15.5. The second-order valence-corrected chi connectivity index (χ2v) is 15.5. The third-order valence-electron chi connectivity index (χ3n) is 13.0. The maximum Gasteiger partial charge on any atom is 0.0693 e. The summed E-state index contributed by atoms with van der Waals surface area (Å²) in [6, 6.07) is 0. The van der Waals surface area contributed by atoms with E-state index in [2.05, 4.69) is 55.4 Å². The molecule has 4 nitrogen and oxygen atoms in total. The van der Waals surface area contributed by atoms with E-state index in [1.54, 1.807) is 0 Å². The molecule has 4 aliphatic carbocycles. The van der Waals surface area contributed by atoms with Gasteiger partial charge in [-0.25, -0.2) is 0 Å². The Balaban J connectivity index is 1.54. The number of aliphatic hydroxyl groups is 3. The third kappa shape index (κ3) is 3.16. The average Bonchev–Trinajstić information content (AvgIpc) is 3.07. The summed E-state index contributed by atoms with van der Waals surface area (Å²) in [6.07, 6.45) is 7.79. The Labute approximate surface area is 208 Å². The van der Waals surface area contributed by atoms with Crippen LogP contribution in [0, 0.1) is 45.3 Å². The van der Waals surface area contributed by atoms with Crippen LogP contribution in [0.3, 0.4) is 0 Å². The minimum atomic E-state index is -0.414. The standard InChI is InChI=1S/C30H52O4/c1-25(2)12-9-13-30(8,34-25)18-10-15-28(6)23(18)19(31)16-21-27(5)14-11-22(33)26(3,4)24(27)20(32)17-29(21,28)7/h18-24,31-33H,9-17H2,1-8H3/t18-,19+,20-,21?,22-,23-,24-,27+,28+,29+,30-/m0/s1. The summed E-state index contributed by atoms with van der Waals surface area (Å²) in [7, 11) is 0. The van der Waals surface area contributed by atoms with Crippen LogP contribution in [0.2, 0.25) is 0 Å². The summed E-state index contributed by atoms with van der Waals surface area (Å²) in [5.41, 5.74) is -0.739. The van der Waals surface area contributed by atoms with Crippen molar-refractivity contribution in [2.75, 3.05) is 0 Å². The molecule has 0 amide bonds. The van der Waals surface area contributed by atoms with E-state index in [1.807, 2.05) is 0 Å². The minimum Gasteiger partial charge on any atom is -0.393 e. The van der Waals surface area contributed by atoms with Crippen LogP contribution < -0.4 is 0 Å². The normalized spacial score (nSPS) is 58.5. The van der Waals surface area contributed by atoms with Crippen LogP contribution in [0.5, 0.6) is 0 Å². The molecule has 0 spiro atoms. The Hall–Kier alpha value is -0.160. The Kier molecular flexibility index (Phi) is 5.59. The monoisotopic (exact) mass is 476 g/mol. The number of rotatable bonds is 1. The Morgan fingerprint density at radius 2 is 1.41 bits per heavy atom. The molecule has 1 heterocycles. The van der Waals surface area contributed by atoms with Gasteiger partial charge >= 0.3 is 0 Å². The molecule has 4 heteroatoms. The van der Waals surface area contributed by atoms with Gasteiger partial charge in [0.1, 0.15) is 0 Å². The molecular formula is C30H52O4. The molecule has 196 valence electrons. The predicted octanol–water partition coefficient (Wildman–Crippen LogP) is 5.71. The SMILES string of the molecule is CC1(C)CCC[C@@](C)([C@H]2CC[C@]3(C)[C@@H]2[C@H](O)CC2[C@@]4(C)CC[C@H](O)C(C)(C)[C@@H]4[C@@H](O)C[C@]23C)O1. The maximum absolute atomic E-state index is 11.9. The predicted molar refractivity (Wildman–Crippen MR) is 135 cm³/mol. The highest BCUT2D eigenvalue weighted by Crippen LogP contribution is 2.76. The van der Waals surface area contributed by atoms with Gasteiger partial charge in [0, 0.05) is 0 Å². The van der Waals surface area contributed by atoms with E-state index in [9.17, 15) is 15.3 Å². The Bertz CT molecular complexity index is 823. The summed E-state index contributed by atoms with van der Waals surface area (Å²) in [5, 5.41) is 34.6. The summed E-state index contributed by atoms with van der Waals surface area (Å²) in [5.74, 6) is 0.984. The first-order valence-electron chi connectivity index (χ1n) is 14.3. The molecular weight excluding hydrogens is 424 g/mol. The van der Waals surface area contributed by atoms with E-state index in [4.69, 9.17) is 4.74 Å². The lowest BCUT2D eigenvalue weighted by Gasteiger charge is -2.71. The van der Waals surface area contributed by atoms with Gasteiger partial charge in [0.25, 0.3) is 0 Å². The molecule has 4 saturated carbocycles. The van der Waals surface area contributed by atoms with E-state index >= 15 is 0 Å². The summed E-state index contributed by atoms with van der Waals surface area (Å²) in [6.45, 7) is 18.4. The minimum absolute atomic E-state index is 0.0247. The van der Waals surface area contributed by atoms with E-state index in [0.29, 0.717) is 11.8 Å². The number of fused-ring (bicyclic) bond motifs is 5. The molecule has 5 aliphatic rings. The van der Waals surface area contributed by atoms with Crippen LogP contribution in [0.1, 0.15) is 113 Å². The van der Waals surface area contributed by atoms with Crippen molar-refractivity contribution < 1.29 is 20.1 Å². The van der Waals surface area contributed by atoms with E-state index in [0.717, 1.165) is 51.4 Å². The van der Waals surface area contributed by atoms with Crippen molar-refractivity contribution in [2.24, 2.45) is 45.3 Å². The maximum atomic E-state index is 11.9. The molecule has 1 unspecified atom stereocenters. The van der Waals surface area contributed by atoms with Gasteiger partial charge in [-0.2, -0.15) is 0 Å². The molecule has 1 saturated heterocycles. The summed E-state index contributed by atoms with van der Waals surface area (Å²) in [4.78, 5) is 0. The highest BCUT2D eigenvalue weighted by molar-refractivity contribution is 5.21. The lowest BCUT2D eigenvalue weighted by molar-refractivity contribution is -0.279. The number of hydrogen-bond acceptors (Lipinski definition) is 4. The Morgan fingerprint density at radius 3 is 2.06 bits per heavy atom. The molecule has 5 rings (SSSR count). The second kappa shape index (κ2) is 7.45. The van der Waals surface area contributed by atoms with Crippen molar-refractivity contribution in [1.82, 2.24) is 0 Å². The van der Waals surface area contributed by atoms with E-state index in [-0.39, 0.29) is 56.9 Å². The topological polar surface area (TPSA) is 69.9 Å². The van der Waals surface area contributed by atoms with Crippen LogP contribution in [0.15, 0.2) is 0 Å². The van der Waals surface area contributed by atoms with Gasteiger partial charge in [-0.3, -0.25) is 0 Å². The zero-order chi connectivity index (χ0) is 25.1. The molecule has 0 radical (unpaired) electrons. The lowest BCUT2D eigenvalue weighted by atomic mass is 9.34. The summed E-state index contributed by atoms with van der Waals surface area (Å²) < 4.78 is 6.83. The van der Waals surface area contributed by atoms with Crippen molar-refractivity contribution in [2.45, 2.75) is 143 Å². The highest BCUT2D eigenvalue weighted by atomic mass is 16.5. The van der Waals surface area contributed by atoms with E-state index in [1.165, 1.54) is 6.42 Å². The van der Waals surface area contributed by atoms with Crippen LogP contribution in [-0.4, -0.2) is 44.8 Å². The second-order valence-electron chi connectivity index (χ2n) is 15.5. The number of aliphatic hydroxyl groups excluding tert-OH is 3. The zero-order valence-electron chi connectivity index (χ0n) is 23.2.